The summed E-state index contributed by atoms with van der Waals surface area (Å²) in [5.74, 6) is 0.393. The molecule has 0 aliphatic carbocycles. The van der Waals surface area contributed by atoms with Crippen molar-refractivity contribution >= 4 is 17.3 Å². The average molecular weight is 198 g/mol. The summed E-state index contributed by atoms with van der Waals surface area (Å²) in [6.45, 7) is 2.80. The first-order chi connectivity index (χ1) is 6.16. The number of rotatable bonds is 1. The van der Waals surface area contributed by atoms with Gasteiger partial charge in [0.2, 0.25) is 0 Å². The molecule has 0 amide bonds. The van der Waals surface area contributed by atoms with Crippen molar-refractivity contribution in [1.29, 1.82) is 0 Å². The van der Waals surface area contributed by atoms with Crippen molar-refractivity contribution < 1.29 is 14.6 Å². The molecule has 13 heavy (non-hydrogen) atoms. The van der Waals surface area contributed by atoms with E-state index >= 15 is 0 Å². The first-order valence-electron chi connectivity index (χ1n) is 4.15. The van der Waals surface area contributed by atoms with E-state index in [1.165, 1.54) is 11.3 Å². The van der Waals surface area contributed by atoms with Crippen molar-refractivity contribution in [2.24, 2.45) is 5.92 Å². The number of aromatic carboxylic acids is 1. The van der Waals surface area contributed by atoms with E-state index in [9.17, 15) is 4.79 Å². The maximum atomic E-state index is 10.7. The van der Waals surface area contributed by atoms with Crippen LogP contribution in [0.5, 0.6) is 5.75 Å². The maximum Gasteiger partial charge on any atom is 0.346 e. The van der Waals surface area contributed by atoms with Crippen molar-refractivity contribution in [3.8, 4) is 5.75 Å². The molecule has 1 unspecified atom stereocenters. The number of fused-ring (bicyclic) bond motifs is 1. The molecule has 0 fully saturated rings. The number of hydrogen-bond donors (Lipinski definition) is 1. The second-order valence-electron chi connectivity index (χ2n) is 3.32. The molecule has 0 saturated heterocycles. The Labute approximate surface area is 80.0 Å². The topological polar surface area (TPSA) is 46.5 Å². The van der Waals surface area contributed by atoms with Crippen molar-refractivity contribution in [2.75, 3.05) is 6.61 Å². The van der Waals surface area contributed by atoms with Crippen LogP contribution in [0, 0.1) is 5.92 Å². The Morgan fingerprint density at radius 3 is 3.23 bits per heavy atom. The molecule has 1 aliphatic rings. The number of thiophene rings is 1. The Balaban J connectivity index is 2.33. The summed E-state index contributed by atoms with van der Waals surface area (Å²) in [7, 11) is 0. The van der Waals surface area contributed by atoms with Gasteiger partial charge in [-0.05, 0) is 12.3 Å². The minimum Gasteiger partial charge on any atom is -0.492 e. The molecule has 1 aromatic rings. The molecule has 2 rings (SSSR count). The van der Waals surface area contributed by atoms with Gasteiger partial charge < -0.3 is 9.84 Å². The highest BCUT2D eigenvalue weighted by Gasteiger charge is 2.21. The summed E-state index contributed by atoms with van der Waals surface area (Å²) < 4.78 is 5.41. The normalized spacial score (nSPS) is 20.5. The van der Waals surface area contributed by atoms with Gasteiger partial charge >= 0.3 is 5.97 Å². The van der Waals surface area contributed by atoms with Crippen molar-refractivity contribution in [1.82, 2.24) is 0 Å². The highest BCUT2D eigenvalue weighted by molar-refractivity contribution is 7.14. The molecule has 0 aromatic carbocycles. The van der Waals surface area contributed by atoms with Gasteiger partial charge in [0.05, 0.1) is 6.61 Å². The molecule has 1 aromatic heterocycles. The van der Waals surface area contributed by atoms with E-state index in [2.05, 4.69) is 6.92 Å². The van der Waals surface area contributed by atoms with Gasteiger partial charge in [-0.3, -0.25) is 0 Å². The summed E-state index contributed by atoms with van der Waals surface area (Å²) in [6, 6.07) is 1.62. The van der Waals surface area contributed by atoms with E-state index in [1.807, 2.05) is 0 Å². The SMILES string of the molecule is CC1COc2cc(C(=O)O)sc2C1. The molecule has 70 valence electrons. The van der Waals surface area contributed by atoms with E-state index in [0.717, 1.165) is 17.0 Å². The Morgan fingerprint density at radius 1 is 1.77 bits per heavy atom. The van der Waals surface area contributed by atoms with Gasteiger partial charge in [-0.25, -0.2) is 4.79 Å². The van der Waals surface area contributed by atoms with Crippen LogP contribution in [-0.4, -0.2) is 17.7 Å². The van der Waals surface area contributed by atoms with Crippen LogP contribution in [0.25, 0.3) is 0 Å². The molecule has 0 radical (unpaired) electrons. The molecule has 1 atom stereocenters. The van der Waals surface area contributed by atoms with Crippen LogP contribution in [0.1, 0.15) is 21.5 Å². The Hall–Kier alpha value is -1.03. The van der Waals surface area contributed by atoms with Gasteiger partial charge in [0.15, 0.2) is 0 Å². The van der Waals surface area contributed by atoms with Gasteiger partial charge in [0.25, 0.3) is 0 Å². The molecular formula is C9H10O3S. The summed E-state index contributed by atoms with van der Waals surface area (Å²) in [5, 5.41) is 8.75. The lowest BCUT2D eigenvalue weighted by Gasteiger charge is -2.18. The lowest BCUT2D eigenvalue weighted by Crippen LogP contribution is -2.16. The van der Waals surface area contributed by atoms with E-state index in [4.69, 9.17) is 9.84 Å². The van der Waals surface area contributed by atoms with Crippen LogP contribution in [0.15, 0.2) is 6.07 Å². The fourth-order valence-electron chi connectivity index (χ4n) is 1.39. The van der Waals surface area contributed by atoms with E-state index in [0.29, 0.717) is 17.4 Å². The zero-order valence-corrected chi connectivity index (χ0v) is 8.06. The van der Waals surface area contributed by atoms with E-state index < -0.39 is 5.97 Å². The van der Waals surface area contributed by atoms with E-state index in [-0.39, 0.29) is 0 Å². The monoisotopic (exact) mass is 198 g/mol. The summed E-state index contributed by atoms with van der Waals surface area (Å²) in [5.41, 5.74) is 0. The number of hydrogen-bond acceptors (Lipinski definition) is 3. The largest absolute Gasteiger partial charge is 0.492 e. The fourth-order valence-corrected chi connectivity index (χ4v) is 2.49. The first-order valence-corrected chi connectivity index (χ1v) is 4.97. The van der Waals surface area contributed by atoms with Crippen LogP contribution < -0.4 is 4.74 Å². The lowest BCUT2D eigenvalue weighted by molar-refractivity contribution is 0.0702. The lowest BCUT2D eigenvalue weighted by atomic mass is 10.1. The molecule has 2 heterocycles. The molecule has 0 saturated carbocycles. The summed E-state index contributed by atoms with van der Waals surface area (Å²) in [4.78, 5) is 12.1. The second kappa shape index (κ2) is 3.03. The number of carbonyl (C=O) groups is 1. The zero-order valence-electron chi connectivity index (χ0n) is 7.24. The summed E-state index contributed by atoms with van der Waals surface area (Å²) >= 11 is 1.32. The molecule has 4 heteroatoms. The molecule has 1 N–H and O–H groups in total. The molecule has 1 aliphatic heterocycles. The molecule has 0 spiro atoms. The molecular weight excluding hydrogens is 188 g/mol. The van der Waals surface area contributed by atoms with Crippen molar-refractivity contribution in [3.05, 3.63) is 15.8 Å². The third kappa shape index (κ3) is 1.54. The predicted octanol–water partition coefficient (Wildman–Crippen LogP) is 2.02. The van der Waals surface area contributed by atoms with Crippen LogP contribution in [0.3, 0.4) is 0 Å². The Morgan fingerprint density at radius 2 is 2.54 bits per heavy atom. The Kier molecular flexibility index (Phi) is 2.00. The minimum atomic E-state index is -0.865. The van der Waals surface area contributed by atoms with Gasteiger partial charge in [0, 0.05) is 10.9 Å². The first kappa shape index (κ1) is 8.56. The Bertz CT molecular complexity index is 343. The second-order valence-corrected chi connectivity index (χ2v) is 4.46. The maximum absolute atomic E-state index is 10.7. The number of ether oxygens (including phenoxy) is 1. The third-order valence-electron chi connectivity index (χ3n) is 2.04. The van der Waals surface area contributed by atoms with E-state index in [1.54, 1.807) is 6.07 Å². The van der Waals surface area contributed by atoms with Crippen molar-refractivity contribution in [2.45, 2.75) is 13.3 Å². The van der Waals surface area contributed by atoms with Gasteiger partial charge in [-0.1, -0.05) is 6.92 Å². The standard InChI is InChI=1S/C9H10O3S/c1-5-2-7-6(12-4-5)3-8(13-7)9(10)11/h3,5H,2,4H2,1H3,(H,10,11). The van der Waals surface area contributed by atoms with Crippen LogP contribution >= 0.6 is 11.3 Å². The smallest absolute Gasteiger partial charge is 0.346 e. The van der Waals surface area contributed by atoms with Crippen LogP contribution in [0.2, 0.25) is 0 Å². The quantitative estimate of drug-likeness (QED) is 0.750. The number of carboxylic acid groups (broad SMARTS) is 1. The van der Waals surface area contributed by atoms with Crippen LogP contribution in [-0.2, 0) is 6.42 Å². The molecule has 0 bridgehead atoms. The van der Waals surface area contributed by atoms with Gasteiger partial charge in [-0.15, -0.1) is 11.3 Å². The average Bonchev–Trinajstić information content (AvgIpc) is 2.46. The minimum absolute atomic E-state index is 0.374. The number of carboxylic acids is 1. The third-order valence-corrected chi connectivity index (χ3v) is 3.16. The molecule has 3 nitrogen and oxygen atoms in total. The summed E-state index contributed by atoms with van der Waals surface area (Å²) in [6.07, 6.45) is 0.938. The van der Waals surface area contributed by atoms with Gasteiger partial charge in [0.1, 0.15) is 10.6 Å². The zero-order chi connectivity index (χ0) is 9.42. The highest BCUT2D eigenvalue weighted by Crippen LogP contribution is 2.34. The highest BCUT2D eigenvalue weighted by atomic mass is 32.1. The fraction of sp³-hybridized carbons (Fsp3) is 0.444. The van der Waals surface area contributed by atoms with Gasteiger partial charge in [-0.2, -0.15) is 0 Å². The van der Waals surface area contributed by atoms with Crippen molar-refractivity contribution in [3.63, 3.8) is 0 Å². The predicted molar refractivity (Wildman–Crippen MR) is 49.6 cm³/mol. The van der Waals surface area contributed by atoms with Crippen LogP contribution in [0.4, 0.5) is 0 Å².